The molecule has 0 aromatic rings. The molecule has 0 rings (SSSR count). The standard InChI is InChI=1S/C15H27ClO2/c1-2-3-8-11-14(16)12-9-6-4-5-7-10-13-15(17)18/h12H,2-11,13H2,1H3,(H,17,18)/b14-12+. The number of carbonyl (C=O) groups is 1. The average Bonchev–Trinajstić information content (AvgIpc) is 2.32. The zero-order valence-corrected chi connectivity index (χ0v) is 12.3. The average molecular weight is 275 g/mol. The van der Waals surface area contributed by atoms with E-state index in [1.54, 1.807) is 0 Å². The summed E-state index contributed by atoms with van der Waals surface area (Å²) in [6.07, 6.45) is 13.5. The molecular formula is C15H27ClO2. The Morgan fingerprint density at radius 1 is 1.00 bits per heavy atom. The largest absolute Gasteiger partial charge is 0.481 e. The van der Waals surface area contributed by atoms with Gasteiger partial charge in [-0.25, -0.2) is 0 Å². The molecule has 0 bridgehead atoms. The molecule has 3 heteroatoms. The summed E-state index contributed by atoms with van der Waals surface area (Å²) in [6, 6.07) is 0. The van der Waals surface area contributed by atoms with Crippen molar-refractivity contribution in [3.05, 3.63) is 11.1 Å². The molecule has 0 aromatic carbocycles. The van der Waals surface area contributed by atoms with Crippen molar-refractivity contribution in [2.75, 3.05) is 0 Å². The van der Waals surface area contributed by atoms with Gasteiger partial charge in [-0.2, -0.15) is 0 Å². The van der Waals surface area contributed by atoms with Gasteiger partial charge in [0.2, 0.25) is 0 Å². The fourth-order valence-corrected chi connectivity index (χ4v) is 2.10. The van der Waals surface area contributed by atoms with Crippen LogP contribution < -0.4 is 0 Å². The van der Waals surface area contributed by atoms with Crippen LogP contribution in [0.25, 0.3) is 0 Å². The van der Waals surface area contributed by atoms with Gasteiger partial charge in [-0.3, -0.25) is 4.79 Å². The van der Waals surface area contributed by atoms with E-state index in [1.165, 1.54) is 25.7 Å². The Balaban J connectivity index is 3.27. The monoisotopic (exact) mass is 274 g/mol. The van der Waals surface area contributed by atoms with Crippen molar-refractivity contribution in [3.8, 4) is 0 Å². The number of rotatable bonds is 12. The van der Waals surface area contributed by atoms with E-state index in [9.17, 15) is 4.79 Å². The van der Waals surface area contributed by atoms with E-state index in [1.807, 2.05) is 0 Å². The molecule has 0 spiro atoms. The fourth-order valence-electron chi connectivity index (χ4n) is 1.86. The van der Waals surface area contributed by atoms with Crippen LogP contribution in [0.4, 0.5) is 0 Å². The van der Waals surface area contributed by atoms with Gasteiger partial charge >= 0.3 is 5.97 Å². The number of allylic oxidation sites excluding steroid dienone is 2. The van der Waals surface area contributed by atoms with E-state index in [2.05, 4.69) is 13.0 Å². The highest BCUT2D eigenvalue weighted by Crippen LogP contribution is 2.15. The van der Waals surface area contributed by atoms with Crippen LogP contribution in [0.2, 0.25) is 0 Å². The van der Waals surface area contributed by atoms with Gasteiger partial charge in [-0.1, -0.05) is 56.7 Å². The fraction of sp³-hybridized carbons (Fsp3) is 0.800. The molecule has 0 saturated carbocycles. The van der Waals surface area contributed by atoms with Gasteiger partial charge in [0.05, 0.1) is 0 Å². The van der Waals surface area contributed by atoms with Crippen LogP contribution in [0.15, 0.2) is 11.1 Å². The predicted molar refractivity (Wildman–Crippen MR) is 78.0 cm³/mol. The highest BCUT2D eigenvalue weighted by Gasteiger charge is 1.96. The molecule has 0 saturated heterocycles. The summed E-state index contributed by atoms with van der Waals surface area (Å²) in [6.45, 7) is 2.20. The predicted octanol–water partition coefficient (Wildman–Crippen LogP) is 5.50. The molecule has 2 nitrogen and oxygen atoms in total. The minimum atomic E-state index is -0.684. The van der Waals surface area contributed by atoms with Crippen molar-refractivity contribution in [3.63, 3.8) is 0 Å². The van der Waals surface area contributed by atoms with Crippen LogP contribution in [0, 0.1) is 0 Å². The van der Waals surface area contributed by atoms with Crippen LogP contribution >= 0.6 is 11.6 Å². The van der Waals surface area contributed by atoms with Crippen molar-refractivity contribution in [1.82, 2.24) is 0 Å². The summed E-state index contributed by atoms with van der Waals surface area (Å²) < 4.78 is 0. The number of hydrogen-bond donors (Lipinski definition) is 1. The number of aliphatic carboxylic acids is 1. The Kier molecular flexibility index (Phi) is 12.6. The van der Waals surface area contributed by atoms with Gasteiger partial charge in [0.25, 0.3) is 0 Å². The van der Waals surface area contributed by atoms with Gasteiger partial charge in [0, 0.05) is 11.5 Å². The summed E-state index contributed by atoms with van der Waals surface area (Å²) in [5, 5.41) is 9.49. The molecule has 0 radical (unpaired) electrons. The second-order valence-corrected chi connectivity index (χ2v) is 5.29. The topological polar surface area (TPSA) is 37.3 Å². The molecule has 0 atom stereocenters. The number of halogens is 1. The lowest BCUT2D eigenvalue weighted by atomic mass is 10.1. The first kappa shape index (κ1) is 17.5. The van der Waals surface area contributed by atoms with E-state index in [4.69, 9.17) is 16.7 Å². The van der Waals surface area contributed by atoms with Gasteiger partial charge < -0.3 is 5.11 Å². The Labute approximate surface area is 116 Å². The maximum absolute atomic E-state index is 10.3. The lowest BCUT2D eigenvalue weighted by Crippen LogP contribution is -1.93. The van der Waals surface area contributed by atoms with Gasteiger partial charge in [-0.05, 0) is 32.1 Å². The van der Waals surface area contributed by atoms with Crippen LogP contribution in [0.5, 0.6) is 0 Å². The Morgan fingerprint density at radius 3 is 2.28 bits per heavy atom. The molecule has 0 aromatic heterocycles. The first-order valence-electron chi connectivity index (χ1n) is 7.23. The van der Waals surface area contributed by atoms with Crippen molar-refractivity contribution in [2.24, 2.45) is 0 Å². The van der Waals surface area contributed by atoms with Crippen LogP contribution in [-0.2, 0) is 4.79 Å². The molecule has 0 aliphatic rings. The Morgan fingerprint density at radius 2 is 1.61 bits per heavy atom. The molecule has 1 N–H and O–H groups in total. The molecule has 0 fully saturated rings. The van der Waals surface area contributed by atoms with Crippen molar-refractivity contribution in [2.45, 2.75) is 77.6 Å². The van der Waals surface area contributed by atoms with Crippen LogP contribution in [-0.4, -0.2) is 11.1 Å². The van der Waals surface area contributed by atoms with E-state index in [0.717, 1.165) is 43.6 Å². The maximum Gasteiger partial charge on any atom is 0.303 e. The first-order valence-corrected chi connectivity index (χ1v) is 7.61. The molecule has 0 amide bonds. The Bertz CT molecular complexity index is 237. The smallest absolute Gasteiger partial charge is 0.303 e. The molecule has 0 heterocycles. The van der Waals surface area contributed by atoms with Crippen molar-refractivity contribution in [1.29, 1.82) is 0 Å². The Hall–Kier alpha value is -0.500. The van der Waals surface area contributed by atoms with Crippen molar-refractivity contribution < 1.29 is 9.90 Å². The highest BCUT2D eigenvalue weighted by molar-refractivity contribution is 6.29. The molecule has 0 unspecified atom stereocenters. The first-order chi connectivity index (χ1) is 8.66. The van der Waals surface area contributed by atoms with Gasteiger partial charge in [0.15, 0.2) is 0 Å². The highest BCUT2D eigenvalue weighted by atomic mass is 35.5. The lowest BCUT2D eigenvalue weighted by Gasteiger charge is -2.00. The minimum absolute atomic E-state index is 0.309. The maximum atomic E-state index is 10.3. The van der Waals surface area contributed by atoms with Crippen LogP contribution in [0.3, 0.4) is 0 Å². The summed E-state index contributed by atoms with van der Waals surface area (Å²) in [4.78, 5) is 10.3. The van der Waals surface area contributed by atoms with Crippen LogP contribution in [0.1, 0.15) is 77.6 Å². The van der Waals surface area contributed by atoms with E-state index >= 15 is 0 Å². The summed E-state index contributed by atoms with van der Waals surface area (Å²) in [5.41, 5.74) is 0. The summed E-state index contributed by atoms with van der Waals surface area (Å²) in [7, 11) is 0. The number of carboxylic acid groups (broad SMARTS) is 1. The molecule has 0 aliphatic carbocycles. The minimum Gasteiger partial charge on any atom is -0.481 e. The third-order valence-corrected chi connectivity index (χ3v) is 3.32. The summed E-state index contributed by atoms with van der Waals surface area (Å²) in [5.74, 6) is -0.684. The van der Waals surface area contributed by atoms with Gasteiger partial charge in [0.1, 0.15) is 0 Å². The van der Waals surface area contributed by atoms with Gasteiger partial charge in [-0.15, -0.1) is 0 Å². The number of unbranched alkanes of at least 4 members (excludes halogenated alkanes) is 7. The third kappa shape index (κ3) is 13.6. The van der Waals surface area contributed by atoms with Crippen molar-refractivity contribution >= 4 is 17.6 Å². The summed E-state index contributed by atoms with van der Waals surface area (Å²) >= 11 is 6.11. The molecule has 106 valence electrons. The SMILES string of the molecule is CCCCC/C(Cl)=C\CCCCCCCC(=O)O. The van der Waals surface area contributed by atoms with E-state index in [0.29, 0.717) is 6.42 Å². The molecular weight excluding hydrogens is 248 g/mol. The normalized spacial score (nSPS) is 11.8. The number of carboxylic acids is 1. The zero-order valence-electron chi connectivity index (χ0n) is 11.6. The third-order valence-electron chi connectivity index (χ3n) is 2.98. The molecule has 18 heavy (non-hydrogen) atoms. The van der Waals surface area contributed by atoms with E-state index < -0.39 is 5.97 Å². The van der Waals surface area contributed by atoms with E-state index in [-0.39, 0.29) is 0 Å². The quantitative estimate of drug-likeness (QED) is 0.477. The lowest BCUT2D eigenvalue weighted by molar-refractivity contribution is -0.137. The second kappa shape index (κ2) is 12.9. The number of hydrogen-bond acceptors (Lipinski definition) is 1. The zero-order chi connectivity index (χ0) is 13.6. The molecule has 0 aliphatic heterocycles. The second-order valence-electron chi connectivity index (χ2n) is 4.81.